The Bertz CT molecular complexity index is 380. The summed E-state index contributed by atoms with van der Waals surface area (Å²) in [6, 6.07) is 6.56. The van der Waals surface area contributed by atoms with Gasteiger partial charge in [-0.1, -0.05) is 17.7 Å². The zero-order chi connectivity index (χ0) is 12.3. The van der Waals surface area contributed by atoms with E-state index in [0.29, 0.717) is 12.6 Å². The number of ether oxygens (including phenoxy) is 1. The maximum absolute atomic E-state index is 6.08. The first-order valence-corrected chi connectivity index (χ1v) is 6.38. The largest absolute Gasteiger partial charge is 0.383 e. The molecule has 17 heavy (non-hydrogen) atoms. The van der Waals surface area contributed by atoms with Crippen molar-refractivity contribution in [3.05, 3.63) is 28.8 Å². The molecule has 0 radical (unpaired) electrons. The molecule has 3 nitrogen and oxygen atoms in total. The molecule has 0 spiro atoms. The molecule has 0 amide bonds. The lowest BCUT2D eigenvalue weighted by Crippen LogP contribution is -2.30. The standard InChI is InChI=1S/C13H19ClN2O/c1-17-7-6-16(12-4-5-12)13-8-11(14)3-2-10(13)9-15/h2-3,8,12H,4-7,9,15H2,1H3. The Morgan fingerprint density at radius 3 is 2.82 bits per heavy atom. The Hall–Kier alpha value is -0.770. The molecule has 1 fully saturated rings. The molecule has 0 heterocycles. The van der Waals surface area contributed by atoms with E-state index in [1.54, 1.807) is 7.11 Å². The molecular weight excluding hydrogens is 236 g/mol. The second-order valence-electron chi connectivity index (χ2n) is 4.39. The minimum atomic E-state index is 0.544. The van der Waals surface area contributed by atoms with Gasteiger partial charge in [-0.25, -0.2) is 0 Å². The molecule has 0 aromatic heterocycles. The highest BCUT2D eigenvalue weighted by Gasteiger charge is 2.30. The predicted octanol–water partition coefficient (Wildman–Crippen LogP) is 2.41. The highest BCUT2D eigenvalue weighted by atomic mass is 35.5. The van der Waals surface area contributed by atoms with E-state index in [1.807, 2.05) is 18.2 Å². The number of nitrogens with zero attached hydrogens (tertiary/aromatic N) is 1. The van der Waals surface area contributed by atoms with Crippen molar-refractivity contribution < 1.29 is 4.74 Å². The predicted molar refractivity (Wildman–Crippen MR) is 71.6 cm³/mol. The van der Waals surface area contributed by atoms with Crippen LogP contribution in [0.4, 0.5) is 5.69 Å². The lowest BCUT2D eigenvalue weighted by atomic mass is 10.1. The third-order valence-corrected chi connectivity index (χ3v) is 3.34. The number of hydrogen-bond acceptors (Lipinski definition) is 3. The molecule has 1 aromatic rings. The zero-order valence-corrected chi connectivity index (χ0v) is 10.9. The summed E-state index contributed by atoms with van der Waals surface area (Å²) in [5.74, 6) is 0. The van der Waals surface area contributed by atoms with Crippen LogP contribution < -0.4 is 10.6 Å². The van der Waals surface area contributed by atoms with Crippen molar-refractivity contribution in [2.75, 3.05) is 25.2 Å². The number of rotatable bonds is 6. The van der Waals surface area contributed by atoms with E-state index in [-0.39, 0.29) is 0 Å². The molecule has 1 saturated carbocycles. The zero-order valence-electron chi connectivity index (χ0n) is 10.2. The fourth-order valence-corrected chi connectivity index (χ4v) is 2.22. The van der Waals surface area contributed by atoms with Crippen LogP contribution in [0.2, 0.25) is 5.02 Å². The first-order chi connectivity index (χ1) is 8.26. The summed E-state index contributed by atoms with van der Waals surface area (Å²) < 4.78 is 5.17. The number of benzene rings is 1. The van der Waals surface area contributed by atoms with Crippen LogP contribution in [0.5, 0.6) is 0 Å². The lowest BCUT2D eigenvalue weighted by Gasteiger charge is -2.26. The quantitative estimate of drug-likeness (QED) is 0.847. The van der Waals surface area contributed by atoms with Crippen LogP contribution >= 0.6 is 11.6 Å². The number of halogens is 1. The molecule has 0 saturated heterocycles. The van der Waals surface area contributed by atoms with Gasteiger partial charge < -0.3 is 15.4 Å². The molecule has 1 aliphatic carbocycles. The third kappa shape index (κ3) is 3.12. The van der Waals surface area contributed by atoms with E-state index in [2.05, 4.69) is 4.90 Å². The smallest absolute Gasteiger partial charge is 0.0637 e. The van der Waals surface area contributed by atoms with Crippen LogP contribution in [-0.4, -0.2) is 26.3 Å². The molecule has 94 valence electrons. The highest BCUT2D eigenvalue weighted by Crippen LogP contribution is 2.34. The second kappa shape index (κ2) is 5.71. The Labute approximate surface area is 107 Å². The minimum absolute atomic E-state index is 0.544. The van der Waals surface area contributed by atoms with Crippen molar-refractivity contribution >= 4 is 17.3 Å². The van der Waals surface area contributed by atoms with Crippen LogP contribution in [-0.2, 0) is 11.3 Å². The van der Waals surface area contributed by atoms with Crippen molar-refractivity contribution in [3.63, 3.8) is 0 Å². The molecule has 0 unspecified atom stereocenters. The van der Waals surface area contributed by atoms with E-state index < -0.39 is 0 Å². The average molecular weight is 255 g/mol. The molecule has 1 aromatic carbocycles. The van der Waals surface area contributed by atoms with Gasteiger partial charge in [0.05, 0.1) is 6.61 Å². The van der Waals surface area contributed by atoms with E-state index in [9.17, 15) is 0 Å². The molecule has 0 aliphatic heterocycles. The van der Waals surface area contributed by atoms with Crippen molar-refractivity contribution in [2.45, 2.75) is 25.4 Å². The molecule has 0 bridgehead atoms. The summed E-state index contributed by atoms with van der Waals surface area (Å²) in [5.41, 5.74) is 8.10. The van der Waals surface area contributed by atoms with Crippen LogP contribution in [0.25, 0.3) is 0 Å². The maximum Gasteiger partial charge on any atom is 0.0637 e. The SMILES string of the molecule is COCCN(c1cc(Cl)ccc1CN)C1CC1. The second-order valence-corrected chi connectivity index (χ2v) is 4.83. The Kier molecular flexibility index (Phi) is 4.26. The van der Waals surface area contributed by atoms with Crippen LogP contribution in [0.15, 0.2) is 18.2 Å². The van der Waals surface area contributed by atoms with Gasteiger partial charge in [0.25, 0.3) is 0 Å². The van der Waals surface area contributed by atoms with Gasteiger partial charge in [0.2, 0.25) is 0 Å². The van der Waals surface area contributed by atoms with Crippen molar-refractivity contribution in [1.29, 1.82) is 0 Å². The summed E-state index contributed by atoms with van der Waals surface area (Å²) in [4.78, 5) is 2.37. The van der Waals surface area contributed by atoms with Gasteiger partial charge in [-0.15, -0.1) is 0 Å². The molecular formula is C13H19ClN2O. The van der Waals surface area contributed by atoms with Gasteiger partial charge >= 0.3 is 0 Å². The molecule has 0 atom stereocenters. The molecule has 2 N–H and O–H groups in total. The maximum atomic E-state index is 6.08. The van der Waals surface area contributed by atoms with Crippen LogP contribution in [0, 0.1) is 0 Å². The summed E-state index contributed by atoms with van der Waals surface area (Å²) in [5, 5.41) is 0.764. The Morgan fingerprint density at radius 2 is 2.24 bits per heavy atom. The van der Waals surface area contributed by atoms with E-state index in [4.69, 9.17) is 22.1 Å². The first kappa shape index (κ1) is 12.7. The number of anilines is 1. The van der Waals surface area contributed by atoms with Gasteiger partial charge in [-0.05, 0) is 30.5 Å². The minimum Gasteiger partial charge on any atom is -0.383 e. The Morgan fingerprint density at radius 1 is 1.47 bits per heavy atom. The Balaban J connectivity index is 2.23. The van der Waals surface area contributed by atoms with Crippen LogP contribution in [0.1, 0.15) is 18.4 Å². The summed E-state index contributed by atoms with van der Waals surface area (Å²) in [6.07, 6.45) is 2.50. The molecule has 2 rings (SSSR count). The highest BCUT2D eigenvalue weighted by molar-refractivity contribution is 6.30. The van der Waals surface area contributed by atoms with E-state index >= 15 is 0 Å². The van der Waals surface area contributed by atoms with Crippen LogP contribution in [0.3, 0.4) is 0 Å². The van der Waals surface area contributed by atoms with E-state index in [0.717, 1.165) is 23.7 Å². The average Bonchev–Trinajstić information content (AvgIpc) is 3.14. The normalized spacial score (nSPS) is 15.0. The van der Waals surface area contributed by atoms with Crippen molar-refractivity contribution in [3.8, 4) is 0 Å². The molecule has 1 aliphatic rings. The van der Waals surface area contributed by atoms with E-state index in [1.165, 1.54) is 18.5 Å². The van der Waals surface area contributed by atoms with Gasteiger partial charge in [0, 0.05) is 37.0 Å². The van der Waals surface area contributed by atoms with Gasteiger partial charge in [-0.3, -0.25) is 0 Å². The van der Waals surface area contributed by atoms with Crippen molar-refractivity contribution in [2.24, 2.45) is 5.73 Å². The fourth-order valence-electron chi connectivity index (χ4n) is 2.05. The summed E-state index contributed by atoms with van der Waals surface area (Å²) in [7, 11) is 1.73. The number of nitrogens with two attached hydrogens (primary N) is 1. The number of hydrogen-bond donors (Lipinski definition) is 1. The monoisotopic (exact) mass is 254 g/mol. The summed E-state index contributed by atoms with van der Waals surface area (Å²) in [6.45, 7) is 2.17. The molecule has 4 heteroatoms. The fraction of sp³-hybridized carbons (Fsp3) is 0.538. The van der Waals surface area contributed by atoms with Gasteiger partial charge in [0.15, 0.2) is 0 Å². The topological polar surface area (TPSA) is 38.5 Å². The summed E-state index contributed by atoms with van der Waals surface area (Å²) >= 11 is 6.08. The first-order valence-electron chi connectivity index (χ1n) is 6.00. The van der Waals surface area contributed by atoms with Gasteiger partial charge in [-0.2, -0.15) is 0 Å². The van der Waals surface area contributed by atoms with Crippen molar-refractivity contribution in [1.82, 2.24) is 0 Å². The van der Waals surface area contributed by atoms with Gasteiger partial charge in [0.1, 0.15) is 0 Å². The third-order valence-electron chi connectivity index (χ3n) is 3.10. The lowest BCUT2D eigenvalue weighted by molar-refractivity contribution is 0.205. The number of methoxy groups -OCH3 is 1.